The van der Waals surface area contributed by atoms with E-state index >= 15 is 0 Å². The maximum Gasteiger partial charge on any atom is 0.236 e. The summed E-state index contributed by atoms with van der Waals surface area (Å²) < 4.78 is 13.6. The van der Waals surface area contributed by atoms with Crippen LogP contribution in [0.2, 0.25) is 0 Å². The zero-order valence-electron chi connectivity index (χ0n) is 17.7. The van der Waals surface area contributed by atoms with Crippen LogP contribution in [0, 0.1) is 5.82 Å². The minimum Gasteiger partial charge on any atom is -0.361 e. The van der Waals surface area contributed by atoms with Gasteiger partial charge in [0.1, 0.15) is 5.82 Å². The summed E-state index contributed by atoms with van der Waals surface area (Å²) in [6.07, 6.45) is 5.00. The van der Waals surface area contributed by atoms with Crippen LogP contribution in [0.1, 0.15) is 18.4 Å². The van der Waals surface area contributed by atoms with Gasteiger partial charge in [0.05, 0.1) is 6.54 Å². The Labute approximate surface area is 176 Å². The Morgan fingerprint density at radius 1 is 1.13 bits per heavy atom. The second kappa shape index (κ2) is 9.47. The summed E-state index contributed by atoms with van der Waals surface area (Å²) in [5.41, 5.74) is 2.05. The van der Waals surface area contributed by atoms with Gasteiger partial charge in [0, 0.05) is 70.0 Å². The fourth-order valence-corrected chi connectivity index (χ4v) is 4.37. The van der Waals surface area contributed by atoms with E-state index < -0.39 is 0 Å². The topological polar surface area (TPSA) is 67.0 Å². The number of H-pyrrole nitrogens is 1. The lowest BCUT2D eigenvalue weighted by Gasteiger charge is -2.36. The fraction of sp³-hybridized carbons (Fsp3) is 0.545. The first-order chi connectivity index (χ1) is 14.6. The van der Waals surface area contributed by atoms with Crippen molar-refractivity contribution in [1.29, 1.82) is 0 Å². The standard InChI is InChI=1S/C22H31FN6O/c1-24-22(25-7-6-17-15-26-20-5-4-18(23)14-19(17)20)29-12-10-27(11-13-29)16-21(30)28-8-2-3-9-28/h4-5,14-15,26H,2-3,6-13,16H2,1H3,(H,24,25). The monoisotopic (exact) mass is 414 g/mol. The minimum absolute atomic E-state index is 0.215. The Kier molecular flexibility index (Phi) is 6.52. The average Bonchev–Trinajstić information content (AvgIpc) is 3.42. The normalized spacial score (nSPS) is 18.4. The highest BCUT2D eigenvalue weighted by Gasteiger charge is 2.24. The predicted octanol–water partition coefficient (Wildman–Crippen LogP) is 1.66. The molecule has 2 fully saturated rings. The first-order valence-electron chi connectivity index (χ1n) is 10.9. The number of guanidine groups is 1. The van der Waals surface area contributed by atoms with Crippen LogP contribution in [0.5, 0.6) is 0 Å². The molecule has 7 nitrogen and oxygen atoms in total. The molecule has 0 spiro atoms. The molecule has 2 N–H and O–H groups in total. The number of piperazine rings is 1. The van der Waals surface area contributed by atoms with Crippen molar-refractivity contribution in [2.75, 3.05) is 59.4 Å². The number of carbonyl (C=O) groups is 1. The number of benzene rings is 1. The summed E-state index contributed by atoms with van der Waals surface area (Å²) in [4.78, 5) is 26.5. The molecule has 1 aromatic carbocycles. The molecule has 0 atom stereocenters. The van der Waals surface area contributed by atoms with Crippen molar-refractivity contribution < 1.29 is 9.18 Å². The van der Waals surface area contributed by atoms with Gasteiger partial charge in [-0.15, -0.1) is 0 Å². The van der Waals surface area contributed by atoms with E-state index in [0.29, 0.717) is 6.54 Å². The third kappa shape index (κ3) is 4.75. The number of aliphatic imine (C=N–C) groups is 1. The number of amides is 1. The number of aromatic nitrogens is 1. The van der Waals surface area contributed by atoms with E-state index in [-0.39, 0.29) is 11.7 Å². The van der Waals surface area contributed by atoms with E-state index in [9.17, 15) is 9.18 Å². The summed E-state index contributed by atoms with van der Waals surface area (Å²) in [5, 5.41) is 4.37. The minimum atomic E-state index is -0.215. The second-order valence-electron chi connectivity index (χ2n) is 8.08. The molecule has 2 aliphatic rings. The van der Waals surface area contributed by atoms with Gasteiger partial charge in [-0.25, -0.2) is 4.39 Å². The van der Waals surface area contributed by atoms with E-state index in [0.717, 1.165) is 87.5 Å². The molecule has 162 valence electrons. The van der Waals surface area contributed by atoms with Crippen LogP contribution < -0.4 is 5.32 Å². The molecule has 0 radical (unpaired) electrons. The SMILES string of the molecule is CN=C(NCCc1c[nH]c2ccc(F)cc12)N1CCN(CC(=O)N2CCCC2)CC1. The third-order valence-corrected chi connectivity index (χ3v) is 6.11. The number of likely N-dealkylation sites (tertiary alicyclic amines) is 1. The van der Waals surface area contributed by atoms with E-state index in [1.165, 1.54) is 6.07 Å². The summed E-state index contributed by atoms with van der Waals surface area (Å²) in [7, 11) is 1.80. The highest BCUT2D eigenvalue weighted by molar-refractivity contribution is 5.83. The highest BCUT2D eigenvalue weighted by atomic mass is 19.1. The van der Waals surface area contributed by atoms with Crippen molar-refractivity contribution in [3.05, 3.63) is 35.8 Å². The Hall–Kier alpha value is -2.61. The van der Waals surface area contributed by atoms with Gasteiger partial charge in [-0.2, -0.15) is 0 Å². The van der Waals surface area contributed by atoms with Gasteiger partial charge in [-0.3, -0.25) is 14.7 Å². The Morgan fingerprint density at radius 3 is 2.63 bits per heavy atom. The number of carbonyl (C=O) groups excluding carboxylic acids is 1. The molecule has 8 heteroatoms. The maximum absolute atomic E-state index is 13.6. The predicted molar refractivity (Wildman–Crippen MR) is 117 cm³/mol. The van der Waals surface area contributed by atoms with E-state index in [1.807, 2.05) is 11.1 Å². The number of halogens is 1. The number of hydrogen-bond donors (Lipinski definition) is 2. The zero-order valence-corrected chi connectivity index (χ0v) is 17.7. The lowest BCUT2D eigenvalue weighted by Crippen LogP contribution is -2.54. The molecule has 3 heterocycles. The first-order valence-corrected chi connectivity index (χ1v) is 10.9. The van der Waals surface area contributed by atoms with Crippen molar-refractivity contribution >= 4 is 22.8 Å². The zero-order chi connectivity index (χ0) is 20.9. The van der Waals surface area contributed by atoms with Crippen LogP contribution in [-0.4, -0.2) is 91.0 Å². The fourth-order valence-electron chi connectivity index (χ4n) is 4.37. The van der Waals surface area contributed by atoms with E-state index in [4.69, 9.17) is 0 Å². The number of hydrogen-bond acceptors (Lipinski definition) is 3. The largest absolute Gasteiger partial charge is 0.361 e. The highest BCUT2D eigenvalue weighted by Crippen LogP contribution is 2.19. The number of aromatic amines is 1. The molecule has 2 aromatic rings. The van der Waals surface area contributed by atoms with Gasteiger partial charge in [0.15, 0.2) is 5.96 Å². The average molecular weight is 415 g/mol. The molecule has 0 saturated carbocycles. The number of nitrogens with zero attached hydrogens (tertiary/aromatic N) is 4. The maximum atomic E-state index is 13.6. The number of nitrogens with one attached hydrogen (secondary N) is 2. The molecule has 1 amide bonds. The van der Waals surface area contributed by atoms with E-state index in [1.54, 1.807) is 19.2 Å². The molecule has 0 unspecified atom stereocenters. The van der Waals surface area contributed by atoms with E-state index in [2.05, 4.69) is 25.1 Å². The van der Waals surface area contributed by atoms with Crippen molar-refractivity contribution in [2.45, 2.75) is 19.3 Å². The van der Waals surface area contributed by atoms with Crippen LogP contribution in [0.25, 0.3) is 10.9 Å². The van der Waals surface area contributed by atoms with Crippen molar-refractivity contribution in [3.8, 4) is 0 Å². The smallest absolute Gasteiger partial charge is 0.236 e. The molecule has 30 heavy (non-hydrogen) atoms. The summed E-state index contributed by atoms with van der Waals surface area (Å²) in [5.74, 6) is 0.929. The van der Waals surface area contributed by atoms with Gasteiger partial charge >= 0.3 is 0 Å². The van der Waals surface area contributed by atoms with Gasteiger partial charge in [-0.05, 0) is 43.0 Å². The molecule has 1 aromatic heterocycles. The summed E-state index contributed by atoms with van der Waals surface area (Å²) in [6, 6.07) is 4.83. The summed E-state index contributed by atoms with van der Waals surface area (Å²) in [6.45, 7) is 6.51. The molecule has 0 aliphatic carbocycles. The van der Waals surface area contributed by atoms with Gasteiger partial charge in [0.25, 0.3) is 0 Å². The quantitative estimate of drug-likeness (QED) is 0.577. The molecule has 2 aliphatic heterocycles. The van der Waals surface area contributed by atoms with Crippen molar-refractivity contribution in [3.63, 3.8) is 0 Å². The molecule has 2 saturated heterocycles. The van der Waals surface area contributed by atoms with Crippen LogP contribution >= 0.6 is 0 Å². The number of rotatable bonds is 5. The third-order valence-electron chi connectivity index (χ3n) is 6.11. The van der Waals surface area contributed by atoms with Crippen LogP contribution in [0.3, 0.4) is 0 Å². The summed E-state index contributed by atoms with van der Waals surface area (Å²) >= 11 is 0. The second-order valence-corrected chi connectivity index (χ2v) is 8.08. The first kappa shape index (κ1) is 20.7. The Balaban J connectivity index is 1.24. The molecule has 0 bridgehead atoms. The lowest BCUT2D eigenvalue weighted by molar-refractivity contribution is -0.131. The Bertz CT molecular complexity index is 896. The van der Waals surface area contributed by atoms with Gasteiger partial charge in [0.2, 0.25) is 5.91 Å². The molecule has 4 rings (SSSR count). The lowest BCUT2D eigenvalue weighted by atomic mass is 10.1. The van der Waals surface area contributed by atoms with Crippen LogP contribution in [0.4, 0.5) is 4.39 Å². The number of fused-ring (bicyclic) bond motifs is 1. The van der Waals surface area contributed by atoms with Gasteiger partial charge in [-0.1, -0.05) is 0 Å². The molecular weight excluding hydrogens is 383 g/mol. The Morgan fingerprint density at radius 2 is 1.90 bits per heavy atom. The molecular formula is C22H31FN6O. The van der Waals surface area contributed by atoms with Crippen LogP contribution in [-0.2, 0) is 11.2 Å². The van der Waals surface area contributed by atoms with Crippen LogP contribution in [0.15, 0.2) is 29.4 Å². The van der Waals surface area contributed by atoms with Crippen molar-refractivity contribution in [2.24, 2.45) is 4.99 Å². The van der Waals surface area contributed by atoms with Gasteiger partial charge < -0.3 is 20.1 Å². The van der Waals surface area contributed by atoms with Crippen molar-refractivity contribution in [1.82, 2.24) is 25.0 Å².